The maximum absolute atomic E-state index is 12.2. The molecule has 23 heavy (non-hydrogen) atoms. The van der Waals surface area contributed by atoms with Gasteiger partial charge in [0.1, 0.15) is 6.04 Å². The monoisotopic (exact) mass is 313 g/mol. The summed E-state index contributed by atoms with van der Waals surface area (Å²) in [5.41, 5.74) is 6.35. The van der Waals surface area contributed by atoms with Gasteiger partial charge in [0.15, 0.2) is 5.82 Å². The third-order valence-electron chi connectivity index (χ3n) is 3.33. The first-order valence-corrected chi connectivity index (χ1v) is 7.44. The normalized spacial score (nSPS) is 11.7. The fourth-order valence-electron chi connectivity index (χ4n) is 2.02. The smallest absolute Gasteiger partial charge is 0.255 e. The van der Waals surface area contributed by atoms with Crippen LogP contribution in [0.4, 0.5) is 0 Å². The van der Waals surface area contributed by atoms with Crippen molar-refractivity contribution in [1.82, 2.24) is 20.3 Å². The number of hydrogen-bond donors (Lipinski definition) is 2. The van der Waals surface area contributed by atoms with Crippen molar-refractivity contribution in [1.29, 1.82) is 0 Å². The summed E-state index contributed by atoms with van der Waals surface area (Å²) in [4.78, 5) is 35.8. The number of unbranched alkanes of at least 4 members (excludes halogenated alkanes) is 1. The standard InChI is InChI=1S/C16H19N5O2/c1-2-3-6-13(14(17)22)21-16(23)12-9-19-15(20-10-12)11-5-4-7-18-8-11/h4-5,7-10,13H,2-3,6H2,1H3,(H2,17,22)(H,21,23). The minimum absolute atomic E-state index is 0.278. The maximum Gasteiger partial charge on any atom is 0.255 e. The number of primary amides is 1. The van der Waals surface area contributed by atoms with Crippen LogP contribution in [-0.2, 0) is 4.79 Å². The van der Waals surface area contributed by atoms with Crippen LogP contribution in [0, 0.1) is 0 Å². The molecule has 0 fully saturated rings. The van der Waals surface area contributed by atoms with E-state index >= 15 is 0 Å². The van der Waals surface area contributed by atoms with Crippen LogP contribution >= 0.6 is 0 Å². The molecule has 2 aromatic rings. The molecule has 1 atom stereocenters. The third-order valence-corrected chi connectivity index (χ3v) is 3.33. The van der Waals surface area contributed by atoms with E-state index in [1.54, 1.807) is 18.5 Å². The number of amides is 2. The molecule has 2 aromatic heterocycles. The van der Waals surface area contributed by atoms with Gasteiger partial charge in [-0.3, -0.25) is 14.6 Å². The Kier molecular flexibility index (Phi) is 5.74. The molecule has 0 aliphatic carbocycles. The van der Waals surface area contributed by atoms with Crippen LogP contribution in [0.3, 0.4) is 0 Å². The van der Waals surface area contributed by atoms with Gasteiger partial charge < -0.3 is 11.1 Å². The molecule has 0 radical (unpaired) electrons. The predicted octanol–water partition coefficient (Wildman–Crippen LogP) is 1.31. The molecule has 0 saturated heterocycles. The van der Waals surface area contributed by atoms with E-state index in [1.165, 1.54) is 12.4 Å². The molecule has 3 N–H and O–H groups in total. The maximum atomic E-state index is 12.2. The van der Waals surface area contributed by atoms with Crippen molar-refractivity contribution in [3.63, 3.8) is 0 Å². The second-order valence-electron chi connectivity index (χ2n) is 5.11. The molecule has 2 rings (SSSR count). The summed E-state index contributed by atoms with van der Waals surface area (Å²) in [6, 6.07) is 2.93. The topological polar surface area (TPSA) is 111 Å². The van der Waals surface area contributed by atoms with Gasteiger partial charge >= 0.3 is 0 Å². The van der Waals surface area contributed by atoms with Crippen LogP contribution in [-0.4, -0.2) is 32.8 Å². The first-order valence-electron chi connectivity index (χ1n) is 7.44. The number of carbonyl (C=O) groups excluding carboxylic acids is 2. The first kappa shape index (κ1) is 16.5. The van der Waals surface area contributed by atoms with Gasteiger partial charge in [0.25, 0.3) is 5.91 Å². The Morgan fingerprint density at radius 3 is 2.57 bits per heavy atom. The lowest BCUT2D eigenvalue weighted by molar-refractivity contribution is -0.120. The number of rotatable bonds is 7. The van der Waals surface area contributed by atoms with Crippen molar-refractivity contribution in [2.45, 2.75) is 32.2 Å². The van der Waals surface area contributed by atoms with E-state index < -0.39 is 17.9 Å². The fourth-order valence-corrected chi connectivity index (χ4v) is 2.02. The zero-order valence-corrected chi connectivity index (χ0v) is 12.9. The molecule has 2 amide bonds. The number of nitrogens with one attached hydrogen (secondary N) is 1. The van der Waals surface area contributed by atoms with Crippen LogP contribution in [0.25, 0.3) is 11.4 Å². The molecular weight excluding hydrogens is 294 g/mol. The predicted molar refractivity (Wildman–Crippen MR) is 85.2 cm³/mol. The van der Waals surface area contributed by atoms with E-state index in [0.29, 0.717) is 12.2 Å². The van der Waals surface area contributed by atoms with Crippen LogP contribution in [0.15, 0.2) is 36.9 Å². The number of hydrogen-bond acceptors (Lipinski definition) is 5. The van der Waals surface area contributed by atoms with E-state index in [2.05, 4.69) is 20.3 Å². The van der Waals surface area contributed by atoms with Crippen LogP contribution in [0.2, 0.25) is 0 Å². The van der Waals surface area contributed by atoms with Crippen LogP contribution < -0.4 is 11.1 Å². The zero-order valence-electron chi connectivity index (χ0n) is 12.9. The quantitative estimate of drug-likeness (QED) is 0.800. The second-order valence-corrected chi connectivity index (χ2v) is 5.11. The summed E-state index contributed by atoms with van der Waals surface area (Å²) in [6.07, 6.45) is 8.39. The van der Waals surface area contributed by atoms with Gasteiger partial charge in [-0.1, -0.05) is 19.8 Å². The number of pyridine rings is 1. The molecule has 2 heterocycles. The molecule has 0 aliphatic rings. The van der Waals surface area contributed by atoms with Gasteiger partial charge in [-0.2, -0.15) is 0 Å². The highest BCUT2D eigenvalue weighted by Gasteiger charge is 2.18. The number of nitrogens with zero attached hydrogens (tertiary/aromatic N) is 3. The first-order chi connectivity index (χ1) is 11.1. The number of aromatic nitrogens is 3. The highest BCUT2D eigenvalue weighted by atomic mass is 16.2. The van der Waals surface area contributed by atoms with Crippen LogP contribution in [0.1, 0.15) is 36.5 Å². The summed E-state index contributed by atoms with van der Waals surface area (Å²) in [6.45, 7) is 2.00. The molecule has 7 heteroatoms. The Labute approximate surface area is 134 Å². The minimum Gasteiger partial charge on any atom is -0.368 e. The van der Waals surface area contributed by atoms with Crippen molar-refractivity contribution in [2.24, 2.45) is 5.73 Å². The zero-order chi connectivity index (χ0) is 16.7. The molecule has 0 aromatic carbocycles. The molecule has 0 spiro atoms. The largest absolute Gasteiger partial charge is 0.368 e. The average Bonchev–Trinajstić information content (AvgIpc) is 2.59. The SMILES string of the molecule is CCCCC(NC(=O)c1cnc(-c2cccnc2)nc1)C(N)=O. The summed E-state index contributed by atoms with van der Waals surface area (Å²) < 4.78 is 0. The van der Waals surface area contributed by atoms with E-state index in [-0.39, 0.29) is 5.56 Å². The highest BCUT2D eigenvalue weighted by molar-refractivity contribution is 5.96. The van der Waals surface area contributed by atoms with Crippen molar-refractivity contribution in [3.05, 3.63) is 42.5 Å². The van der Waals surface area contributed by atoms with Crippen molar-refractivity contribution < 1.29 is 9.59 Å². The molecule has 1 unspecified atom stereocenters. The van der Waals surface area contributed by atoms with E-state index in [0.717, 1.165) is 18.4 Å². The molecule has 7 nitrogen and oxygen atoms in total. The molecular formula is C16H19N5O2. The molecule has 0 bridgehead atoms. The minimum atomic E-state index is -0.680. The van der Waals surface area contributed by atoms with Gasteiger partial charge in [-0.05, 0) is 18.6 Å². The van der Waals surface area contributed by atoms with Gasteiger partial charge in [0.2, 0.25) is 5.91 Å². The molecule has 0 saturated carbocycles. The molecule has 120 valence electrons. The van der Waals surface area contributed by atoms with E-state index in [4.69, 9.17) is 5.73 Å². The van der Waals surface area contributed by atoms with Crippen molar-refractivity contribution in [2.75, 3.05) is 0 Å². The summed E-state index contributed by atoms with van der Waals surface area (Å²) >= 11 is 0. The lowest BCUT2D eigenvalue weighted by Crippen LogP contribution is -2.44. The highest BCUT2D eigenvalue weighted by Crippen LogP contribution is 2.12. The Hall–Kier alpha value is -2.83. The van der Waals surface area contributed by atoms with E-state index in [1.807, 2.05) is 13.0 Å². The van der Waals surface area contributed by atoms with Gasteiger partial charge in [0, 0.05) is 30.4 Å². The third kappa shape index (κ3) is 4.57. The average molecular weight is 313 g/mol. The Bertz CT molecular complexity index is 658. The Morgan fingerprint density at radius 1 is 1.26 bits per heavy atom. The summed E-state index contributed by atoms with van der Waals surface area (Å²) in [5.74, 6) is -0.477. The molecule has 0 aliphatic heterocycles. The Balaban J connectivity index is 2.06. The second kappa shape index (κ2) is 7.98. The van der Waals surface area contributed by atoms with Crippen molar-refractivity contribution in [3.8, 4) is 11.4 Å². The van der Waals surface area contributed by atoms with Gasteiger partial charge in [-0.25, -0.2) is 9.97 Å². The lowest BCUT2D eigenvalue weighted by atomic mass is 10.1. The van der Waals surface area contributed by atoms with Crippen molar-refractivity contribution >= 4 is 11.8 Å². The summed E-state index contributed by atoms with van der Waals surface area (Å²) in [5, 5.41) is 2.62. The number of carbonyl (C=O) groups is 2. The van der Waals surface area contributed by atoms with E-state index in [9.17, 15) is 9.59 Å². The van der Waals surface area contributed by atoms with Crippen LogP contribution in [0.5, 0.6) is 0 Å². The van der Waals surface area contributed by atoms with Gasteiger partial charge in [-0.15, -0.1) is 0 Å². The fraction of sp³-hybridized carbons (Fsp3) is 0.312. The Morgan fingerprint density at radius 2 is 2.00 bits per heavy atom. The number of nitrogens with two attached hydrogens (primary N) is 1. The van der Waals surface area contributed by atoms with Gasteiger partial charge in [0.05, 0.1) is 5.56 Å². The lowest BCUT2D eigenvalue weighted by Gasteiger charge is -2.14. The summed E-state index contributed by atoms with van der Waals surface area (Å²) in [7, 11) is 0.